The maximum Gasteiger partial charge on any atom is 0.304 e. The number of rotatable bonds is 22. The predicted octanol–water partition coefficient (Wildman–Crippen LogP) is 7.97. The Labute approximate surface area is 179 Å². The number of carbonyl (C=O) groups is 2. The van der Waals surface area contributed by atoms with Crippen LogP contribution in [0.5, 0.6) is 0 Å². The number of carboxylic acid groups (broad SMARTS) is 1. The summed E-state index contributed by atoms with van der Waals surface area (Å²) < 4.78 is 0. The Bertz CT molecular complexity index is 371. The molecule has 1 N–H and O–H groups in total. The van der Waals surface area contributed by atoms with E-state index < -0.39 is 11.9 Å². The number of carbonyl (C=O) groups excluding carboxylic acids is 1. The van der Waals surface area contributed by atoms with Gasteiger partial charge in [-0.1, -0.05) is 122 Å². The molecule has 0 saturated carbocycles. The van der Waals surface area contributed by atoms with Crippen molar-refractivity contribution in [2.24, 2.45) is 5.92 Å². The second-order valence-corrected chi connectivity index (χ2v) is 8.87. The first-order valence-corrected chi connectivity index (χ1v) is 12.5. The maximum absolute atomic E-state index is 11.3. The van der Waals surface area contributed by atoms with E-state index in [-0.39, 0.29) is 11.5 Å². The van der Waals surface area contributed by atoms with Gasteiger partial charge in [0.25, 0.3) is 0 Å². The third kappa shape index (κ3) is 20.2. The molecule has 3 nitrogen and oxygen atoms in total. The highest BCUT2D eigenvalue weighted by atomic mass is 32.1. The minimum atomic E-state index is -0.908. The van der Waals surface area contributed by atoms with Crippen LogP contribution in [-0.4, -0.2) is 16.2 Å². The van der Waals surface area contributed by atoms with Crippen molar-refractivity contribution < 1.29 is 14.7 Å². The SMILES string of the molecule is CCCCCCCCCCCCCCCCCCCCC(CC(=O)O)C(=O)S. The fourth-order valence-corrected chi connectivity index (χ4v) is 4.04. The first-order chi connectivity index (χ1) is 13.6. The van der Waals surface area contributed by atoms with Crippen molar-refractivity contribution in [2.75, 3.05) is 0 Å². The molecule has 0 heterocycles. The van der Waals surface area contributed by atoms with Gasteiger partial charge in [0, 0.05) is 5.92 Å². The van der Waals surface area contributed by atoms with Crippen molar-refractivity contribution >= 4 is 23.7 Å². The lowest BCUT2D eigenvalue weighted by Gasteiger charge is -2.10. The quantitative estimate of drug-likeness (QED) is 0.139. The number of thiol groups is 1. The first-order valence-electron chi connectivity index (χ1n) is 12.0. The zero-order chi connectivity index (χ0) is 20.9. The van der Waals surface area contributed by atoms with Crippen molar-refractivity contribution in [3.63, 3.8) is 0 Å². The number of hydrogen-bond donors (Lipinski definition) is 2. The molecule has 166 valence electrons. The summed E-state index contributed by atoms with van der Waals surface area (Å²) in [4.78, 5) is 22.0. The summed E-state index contributed by atoms with van der Waals surface area (Å²) in [6.07, 6.45) is 24.6. The molecule has 4 heteroatoms. The Kier molecular flexibility index (Phi) is 20.8. The summed E-state index contributed by atoms with van der Waals surface area (Å²) in [5.41, 5.74) is 0. The summed E-state index contributed by atoms with van der Waals surface area (Å²) in [5.74, 6) is -1.32. The van der Waals surface area contributed by atoms with Crippen molar-refractivity contribution in [3.05, 3.63) is 0 Å². The highest BCUT2D eigenvalue weighted by Crippen LogP contribution is 2.18. The number of aliphatic carboxylic acids is 1. The summed E-state index contributed by atoms with van der Waals surface area (Å²) in [6, 6.07) is 0. The van der Waals surface area contributed by atoms with E-state index >= 15 is 0 Å². The Balaban J connectivity index is 3.23. The molecular formula is C24H46O3S. The second-order valence-electron chi connectivity index (χ2n) is 8.43. The topological polar surface area (TPSA) is 54.4 Å². The molecule has 0 fully saturated rings. The van der Waals surface area contributed by atoms with Crippen molar-refractivity contribution in [1.29, 1.82) is 0 Å². The van der Waals surface area contributed by atoms with Gasteiger partial charge in [-0.25, -0.2) is 0 Å². The summed E-state index contributed by atoms with van der Waals surface area (Å²) in [6.45, 7) is 2.27. The monoisotopic (exact) mass is 414 g/mol. The van der Waals surface area contributed by atoms with Crippen LogP contribution in [0, 0.1) is 5.92 Å². The minimum absolute atomic E-state index is 0.0821. The van der Waals surface area contributed by atoms with Crippen LogP contribution < -0.4 is 0 Å². The van der Waals surface area contributed by atoms with Gasteiger partial charge in [0.1, 0.15) is 0 Å². The average Bonchev–Trinajstić information content (AvgIpc) is 2.65. The Morgan fingerprint density at radius 1 is 0.643 bits per heavy atom. The molecule has 0 aromatic rings. The molecule has 0 aromatic heterocycles. The predicted molar refractivity (Wildman–Crippen MR) is 123 cm³/mol. The molecule has 28 heavy (non-hydrogen) atoms. The van der Waals surface area contributed by atoms with E-state index in [4.69, 9.17) is 5.11 Å². The average molecular weight is 415 g/mol. The molecule has 0 aliphatic rings. The number of unbranched alkanes of at least 4 members (excludes halogenated alkanes) is 17. The van der Waals surface area contributed by atoms with Gasteiger partial charge in [-0.05, 0) is 6.42 Å². The van der Waals surface area contributed by atoms with Crippen LogP contribution in [0.15, 0.2) is 0 Å². The minimum Gasteiger partial charge on any atom is -0.481 e. The van der Waals surface area contributed by atoms with Gasteiger partial charge >= 0.3 is 5.97 Å². The molecule has 0 aliphatic carbocycles. The van der Waals surface area contributed by atoms with Crippen molar-refractivity contribution in [1.82, 2.24) is 0 Å². The van der Waals surface area contributed by atoms with E-state index in [9.17, 15) is 9.59 Å². The number of hydrogen-bond acceptors (Lipinski definition) is 2. The molecule has 1 atom stereocenters. The zero-order valence-corrected chi connectivity index (χ0v) is 19.3. The lowest BCUT2D eigenvalue weighted by Crippen LogP contribution is -2.14. The lowest BCUT2D eigenvalue weighted by atomic mass is 9.98. The van der Waals surface area contributed by atoms with Gasteiger partial charge in [0.15, 0.2) is 5.12 Å². The van der Waals surface area contributed by atoms with Gasteiger partial charge in [0.2, 0.25) is 0 Å². The Morgan fingerprint density at radius 3 is 1.25 bits per heavy atom. The van der Waals surface area contributed by atoms with Gasteiger partial charge in [-0.3, -0.25) is 9.59 Å². The smallest absolute Gasteiger partial charge is 0.304 e. The van der Waals surface area contributed by atoms with E-state index in [2.05, 4.69) is 19.6 Å². The van der Waals surface area contributed by atoms with Gasteiger partial charge in [-0.15, -0.1) is 12.6 Å². The normalized spacial score (nSPS) is 12.2. The fraction of sp³-hybridized carbons (Fsp3) is 0.917. The largest absolute Gasteiger partial charge is 0.481 e. The van der Waals surface area contributed by atoms with Gasteiger partial charge < -0.3 is 5.11 Å². The van der Waals surface area contributed by atoms with E-state index in [1.807, 2.05) is 0 Å². The fourth-order valence-electron chi connectivity index (χ4n) is 3.82. The van der Waals surface area contributed by atoms with E-state index in [0.717, 1.165) is 12.8 Å². The maximum atomic E-state index is 11.3. The summed E-state index contributed by atoms with van der Waals surface area (Å²) in [7, 11) is 0. The zero-order valence-electron chi connectivity index (χ0n) is 18.4. The van der Waals surface area contributed by atoms with Crippen molar-refractivity contribution in [2.45, 2.75) is 135 Å². The molecule has 0 amide bonds. The first kappa shape index (κ1) is 27.5. The van der Waals surface area contributed by atoms with Crippen LogP contribution in [0.25, 0.3) is 0 Å². The van der Waals surface area contributed by atoms with Gasteiger partial charge in [0.05, 0.1) is 6.42 Å². The molecule has 1 unspecified atom stereocenters. The highest BCUT2D eigenvalue weighted by molar-refractivity contribution is 7.96. The molecule has 0 spiro atoms. The Morgan fingerprint density at radius 2 is 0.964 bits per heavy atom. The lowest BCUT2D eigenvalue weighted by molar-refractivity contribution is -0.139. The van der Waals surface area contributed by atoms with Crippen LogP contribution >= 0.6 is 12.6 Å². The van der Waals surface area contributed by atoms with Crippen LogP contribution in [0.1, 0.15) is 135 Å². The van der Waals surface area contributed by atoms with Crippen LogP contribution in [0.3, 0.4) is 0 Å². The van der Waals surface area contributed by atoms with Crippen LogP contribution in [-0.2, 0) is 9.59 Å². The molecule has 0 rings (SSSR count). The van der Waals surface area contributed by atoms with E-state index in [0.29, 0.717) is 6.42 Å². The van der Waals surface area contributed by atoms with E-state index in [1.54, 1.807) is 0 Å². The van der Waals surface area contributed by atoms with Crippen LogP contribution in [0.4, 0.5) is 0 Å². The van der Waals surface area contributed by atoms with E-state index in [1.165, 1.54) is 103 Å². The standard InChI is InChI=1S/C24H46O3S/c1-2-3-4-5-6-7-8-9-10-11-12-13-14-15-16-17-18-19-20-22(24(27)28)21-23(25)26/h22H,2-21H2,1H3,(H,25,26)(H,27,28). The molecule has 0 saturated heterocycles. The third-order valence-electron chi connectivity index (χ3n) is 5.68. The second kappa shape index (κ2) is 21.2. The molecule has 0 aromatic carbocycles. The van der Waals surface area contributed by atoms with Gasteiger partial charge in [-0.2, -0.15) is 0 Å². The highest BCUT2D eigenvalue weighted by Gasteiger charge is 2.18. The summed E-state index contributed by atoms with van der Waals surface area (Å²) in [5, 5.41) is 8.52. The summed E-state index contributed by atoms with van der Waals surface area (Å²) >= 11 is 3.80. The third-order valence-corrected chi connectivity index (χ3v) is 6.04. The Hall–Kier alpha value is -0.510. The molecule has 0 radical (unpaired) electrons. The number of carboxylic acids is 1. The molecule has 0 bridgehead atoms. The molecular weight excluding hydrogens is 368 g/mol. The molecule has 0 aliphatic heterocycles. The van der Waals surface area contributed by atoms with Crippen LogP contribution in [0.2, 0.25) is 0 Å². The van der Waals surface area contributed by atoms with Crippen molar-refractivity contribution in [3.8, 4) is 0 Å².